The summed E-state index contributed by atoms with van der Waals surface area (Å²) in [5.74, 6) is -1.89. The van der Waals surface area contributed by atoms with Crippen molar-refractivity contribution in [2.75, 3.05) is 5.32 Å². The molecule has 0 unspecified atom stereocenters. The van der Waals surface area contributed by atoms with Gasteiger partial charge in [0.2, 0.25) is 0 Å². The van der Waals surface area contributed by atoms with Crippen LogP contribution in [0.4, 0.5) is 11.4 Å². The lowest BCUT2D eigenvalue weighted by Gasteiger charge is -2.07. The molecule has 8 nitrogen and oxygen atoms in total. The van der Waals surface area contributed by atoms with E-state index in [9.17, 15) is 19.7 Å². The van der Waals surface area contributed by atoms with Gasteiger partial charge < -0.3 is 5.32 Å². The van der Waals surface area contributed by atoms with Gasteiger partial charge in [0.1, 0.15) is 0 Å². The molecule has 3 rings (SSSR count). The summed E-state index contributed by atoms with van der Waals surface area (Å²) in [6, 6.07) is 18.7. The second kappa shape index (κ2) is 7.87. The fourth-order valence-corrected chi connectivity index (χ4v) is 2.49. The molecule has 0 radical (unpaired) electrons. The zero-order chi connectivity index (χ0) is 19.2. The number of para-hydroxylation sites is 1. The number of hydrogen-bond donors (Lipinski definition) is 2. The summed E-state index contributed by atoms with van der Waals surface area (Å²) in [5, 5.41) is 18.8. The zero-order valence-corrected chi connectivity index (χ0v) is 14.0. The number of hydrazone groups is 1. The van der Waals surface area contributed by atoms with Crippen molar-refractivity contribution in [2.24, 2.45) is 5.10 Å². The molecule has 0 atom stereocenters. The summed E-state index contributed by atoms with van der Waals surface area (Å²) < 4.78 is 0. The Labute approximate surface area is 153 Å². The van der Waals surface area contributed by atoms with Crippen LogP contribution < -0.4 is 10.7 Å². The van der Waals surface area contributed by atoms with Crippen LogP contribution in [0, 0.1) is 10.1 Å². The number of carbonyl (C=O) groups is 2. The largest absolute Gasteiger partial charge is 0.329 e. The number of amides is 2. The minimum atomic E-state index is -0.988. The van der Waals surface area contributed by atoms with Crippen molar-refractivity contribution in [1.29, 1.82) is 0 Å². The average Bonchev–Trinajstić information content (AvgIpc) is 2.68. The maximum atomic E-state index is 12.1. The number of fused-ring (bicyclic) bond motifs is 1. The van der Waals surface area contributed by atoms with Gasteiger partial charge in [0, 0.05) is 17.1 Å². The summed E-state index contributed by atoms with van der Waals surface area (Å²) >= 11 is 0. The first-order valence-electron chi connectivity index (χ1n) is 7.92. The normalized spacial score (nSPS) is 10.7. The van der Waals surface area contributed by atoms with Crippen molar-refractivity contribution >= 4 is 40.2 Å². The Kier molecular flexibility index (Phi) is 5.17. The number of nitro groups is 1. The summed E-state index contributed by atoms with van der Waals surface area (Å²) in [6.45, 7) is 0. The van der Waals surface area contributed by atoms with E-state index in [1.807, 2.05) is 30.3 Å². The number of hydrogen-bond acceptors (Lipinski definition) is 5. The van der Waals surface area contributed by atoms with Crippen LogP contribution in [-0.4, -0.2) is 23.0 Å². The standard InChI is InChI=1S/C19H14N4O4/c24-18(21-16-10-5-8-13-6-1-3-9-15(13)16)19(25)22-20-12-14-7-2-4-11-17(14)23(26)27/h1-12H,(H,21,24)(H,22,25). The number of rotatable bonds is 4. The first-order valence-corrected chi connectivity index (χ1v) is 7.92. The molecule has 0 aliphatic carbocycles. The van der Waals surface area contributed by atoms with Gasteiger partial charge in [0.15, 0.2) is 0 Å². The van der Waals surface area contributed by atoms with Gasteiger partial charge in [-0.1, -0.05) is 48.5 Å². The molecule has 8 heteroatoms. The van der Waals surface area contributed by atoms with E-state index >= 15 is 0 Å². The third kappa shape index (κ3) is 4.13. The van der Waals surface area contributed by atoms with Gasteiger partial charge in [-0.3, -0.25) is 19.7 Å². The van der Waals surface area contributed by atoms with Crippen LogP contribution in [0.5, 0.6) is 0 Å². The van der Waals surface area contributed by atoms with Crippen LogP contribution in [-0.2, 0) is 9.59 Å². The number of nitrogens with one attached hydrogen (secondary N) is 2. The molecule has 2 amide bonds. The molecular weight excluding hydrogens is 348 g/mol. The van der Waals surface area contributed by atoms with E-state index in [0.717, 1.165) is 17.0 Å². The van der Waals surface area contributed by atoms with Crippen molar-refractivity contribution in [3.8, 4) is 0 Å². The SMILES string of the molecule is O=C(NN=Cc1ccccc1[N+](=O)[O-])C(=O)Nc1cccc2ccccc12. The highest BCUT2D eigenvalue weighted by Gasteiger charge is 2.15. The summed E-state index contributed by atoms with van der Waals surface area (Å²) in [6.07, 6.45) is 1.11. The van der Waals surface area contributed by atoms with E-state index in [2.05, 4.69) is 15.8 Å². The van der Waals surface area contributed by atoms with Crippen molar-refractivity contribution in [3.63, 3.8) is 0 Å². The van der Waals surface area contributed by atoms with Gasteiger partial charge in [-0.15, -0.1) is 0 Å². The van der Waals surface area contributed by atoms with Gasteiger partial charge in [-0.2, -0.15) is 5.10 Å². The van der Waals surface area contributed by atoms with Gasteiger partial charge >= 0.3 is 11.8 Å². The number of nitrogens with zero attached hydrogens (tertiary/aromatic N) is 2. The number of benzene rings is 3. The Morgan fingerprint density at radius 3 is 2.44 bits per heavy atom. The molecule has 0 aliphatic heterocycles. The predicted octanol–water partition coefficient (Wildman–Crippen LogP) is 2.84. The van der Waals surface area contributed by atoms with Crippen LogP contribution in [0.3, 0.4) is 0 Å². The molecule has 134 valence electrons. The van der Waals surface area contributed by atoms with Crippen molar-refractivity contribution in [2.45, 2.75) is 0 Å². The van der Waals surface area contributed by atoms with E-state index in [1.165, 1.54) is 18.2 Å². The Bertz CT molecular complexity index is 1060. The highest BCUT2D eigenvalue weighted by molar-refractivity contribution is 6.40. The van der Waals surface area contributed by atoms with Gasteiger partial charge in [-0.05, 0) is 17.5 Å². The molecule has 0 spiro atoms. The van der Waals surface area contributed by atoms with Crippen LogP contribution in [0.2, 0.25) is 0 Å². The smallest absolute Gasteiger partial charge is 0.317 e. The van der Waals surface area contributed by atoms with Crippen LogP contribution in [0.15, 0.2) is 71.8 Å². The quantitative estimate of drug-likeness (QED) is 0.321. The van der Waals surface area contributed by atoms with E-state index in [1.54, 1.807) is 18.2 Å². The van der Waals surface area contributed by atoms with Crippen LogP contribution in [0.1, 0.15) is 5.56 Å². The number of nitro benzene ring substituents is 1. The third-order valence-corrected chi connectivity index (χ3v) is 3.75. The first-order chi connectivity index (χ1) is 13.1. The minimum absolute atomic E-state index is 0.157. The monoisotopic (exact) mass is 362 g/mol. The molecule has 0 bridgehead atoms. The molecule has 3 aromatic rings. The van der Waals surface area contributed by atoms with Crippen molar-refractivity contribution in [3.05, 3.63) is 82.4 Å². The highest BCUT2D eigenvalue weighted by atomic mass is 16.6. The van der Waals surface area contributed by atoms with Gasteiger partial charge in [-0.25, -0.2) is 5.43 Å². The molecule has 0 saturated carbocycles. The molecule has 0 fully saturated rings. The van der Waals surface area contributed by atoms with E-state index in [0.29, 0.717) is 5.69 Å². The predicted molar refractivity (Wildman–Crippen MR) is 101 cm³/mol. The molecule has 27 heavy (non-hydrogen) atoms. The van der Waals surface area contributed by atoms with Crippen molar-refractivity contribution in [1.82, 2.24) is 5.43 Å². The second-order valence-corrected chi connectivity index (χ2v) is 5.50. The first kappa shape index (κ1) is 17.7. The lowest BCUT2D eigenvalue weighted by molar-refractivity contribution is -0.385. The van der Waals surface area contributed by atoms with Gasteiger partial charge in [0.05, 0.1) is 16.7 Å². The summed E-state index contributed by atoms with van der Waals surface area (Å²) in [4.78, 5) is 34.4. The topological polar surface area (TPSA) is 114 Å². The Morgan fingerprint density at radius 1 is 0.926 bits per heavy atom. The maximum Gasteiger partial charge on any atom is 0.329 e. The van der Waals surface area contributed by atoms with Crippen molar-refractivity contribution < 1.29 is 14.5 Å². The van der Waals surface area contributed by atoms with E-state index in [4.69, 9.17) is 0 Å². The second-order valence-electron chi connectivity index (χ2n) is 5.50. The lowest BCUT2D eigenvalue weighted by Crippen LogP contribution is -2.32. The molecular formula is C19H14N4O4. The maximum absolute atomic E-state index is 12.1. The fourth-order valence-electron chi connectivity index (χ4n) is 2.49. The van der Waals surface area contributed by atoms with Crippen LogP contribution in [0.25, 0.3) is 10.8 Å². The van der Waals surface area contributed by atoms with E-state index in [-0.39, 0.29) is 11.3 Å². The minimum Gasteiger partial charge on any atom is -0.317 e. The molecule has 0 aliphatic rings. The fraction of sp³-hybridized carbons (Fsp3) is 0. The van der Waals surface area contributed by atoms with Crippen LogP contribution >= 0.6 is 0 Å². The lowest BCUT2D eigenvalue weighted by atomic mass is 10.1. The molecule has 0 heterocycles. The molecule has 3 aromatic carbocycles. The highest BCUT2D eigenvalue weighted by Crippen LogP contribution is 2.22. The molecule has 0 saturated heterocycles. The van der Waals surface area contributed by atoms with E-state index < -0.39 is 16.7 Å². The number of anilines is 1. The average molecular weight is 362 g/mol. The Balaban J connectivity index is 1.68. The third-order valence-electron chi connectivity index (χ3n) is 3.75. The molecule has 2 N–H and O–H groups in total. The summed E-state index contributed by atoms with van der Waals surface area (Å²) in [5.41, 5.74) is 2.61. The van der Waals surface area contributed by atoms with Gasteiger partial charge in [0.25, 0.3) is 5.69 Å². The Morgan fingerprint density at radius 2 is 1.63 bits per heavy atom. The number of carbonyl (C=O) groups excluding carboxylic acids is 2. The summed E-state index contributed by atoms with van der Waals surface area (Å²) in [7, 11) is 0. The Hall–Kier alpha value is -4.07. The molecule has 0 aromatic heterocycles. The zero-order valence-electron chi connectivity index (χ0n) is 14.0.